The Balaban J connectivity index is 1.77. The number of carboxylic acid groups (broad SMARTS) is 1. The van der Waals surface area contributed by atoms with Gasteiger partial charge in [0.05, 0.1) is 6.04 Å². The highest BCUT2D eigenvalue weighted by atomic mass is 16.4. The Kier molecular flexibility index (Phi) is 7.64. The Morgan fingerprint density at radius 2 is 1.78 bits per heavy atom. The van der Waals surface area contributed by atoms with E-state index in [1.165, 1.54) is 40.1 Å². The molecule has 1 aliphatic heterocycles. The Morgan fingerprint density at radius 1 is 1.09 bits per heavy atom. The summed E-state index contributed by atoms with van der Waals surface area (Å²) in [5.74, 6) is -0.730. The van der Waals surface area contributed by atoms with Gasteiger partial charge in [0, 0.05) is 24.9 Å². The molecule has 1 aliphatic rings. The quantitative estimate of drug-likeness (QED) is 0.364. The first-order chi connectivity index (χ1) is 15.3. The molecule has 3 rings (SSSR count). The minimum absolute atomic E-state index is 0.237. The minimum Gasteiger partial charge on any atom is -0.465 e. The molecule has 1 fully saturated rings. The lowest BCUT2D eigenvalue weighted by Gasteiger charge is -2.24. The van der Waals surface area contributed by atoms with Gasteiger partial charge in [0.25, 0.3) is 5.91 Å². The van der Waals surface area contributed by atoms with E-state index in [1.807, 2.05) is 30.3 Å². The van der Waals surface area contributed by atoms with Crippen LogP contribution in [0.15, 0.2) is 60.7 Å². The van der Waals surface area contributed by atoms with Gasteiger partial charge in [-0.05, 0) is 35.7 Å². The number of anilines is 1. The van der Waals surface area contributed by atoms with E-state index in [0.29, 0.717) is 18.7 Å². The van der Waals surface area contributed by atoms with Crippen LogP contribution in [-0.4, -0.2) is 70.8 Å². The SMILES string of the molecule is O=C(O)NC1CCN(C(=O)CN(C(=O)C=Cc2ccccc2)c2ccc(B(O)O)cc2)C1. The first kappa shape index (κ1) is 23.0. The molecule has 166 valence electrons. The Bertz CT molecular complexity index is 981. The maximum atomic E-state index is 13.0. The van der Waals surface area contributed by atoms with Crippen molar-refractivity contribution in [2.45, 2.75) is 12.5 Å². The predicted molar refractivity (Wildman–Crippen MR) is 120 cm³/mol. The van der Waals surface area contributed by atoms with Gasteiger partial charge in [-0.15, -0.1) is 0 Å². The molecule has 1 heterocycles. The van der Waals surface area contributed by atoms with Crippen LogP contribution < -0.4 is 15.7 Å². The maximum absolute atomic E-state index is 13.0. The topological polar surface area (TPSA) is 130 Å². The van der Waals surface area contributed by atoms with Gasteiger partial charge in [0.15, 0.2) is 0 Å². The van der Waals surface area contributed by atoms with Crippen molar-refractivity contribution in [1.82, 2.24) is 10.2 Å². The van der Waals surface area contributed by atoms with Gasteiger partial charge in [-0.3, -0.25) is 14.5 Å². The van der Waals surface area contributed by atoms with E-state index in [0.717, 1.165) is 5.56 Å². The fourth-order valence-electron chi connectivity index (χ4n) is 3.46. The summed E-state index contributed by atoms with van der Waals surface area (Å²) in [6, 6.07) is 14.9. The van der Waals surface area contributed by atoms with Crippen molar-refractivity contribution in [3.05, 3.63) is 66.2 Å². The van der Waals surface area contributed by atoms with Crippen molar-refractivity contribution in [3.63, 3.8) is 0 Å². The van der Waals surface area contributed by atoms with Crippen molar-refractivity contribution < 1.29 is 29.5 Å². The zero-order valence-corrected chi connectivity index (χ0v) is 17.3. The minimum atomic E-state index is -1.64. The third-order valence-corrected chi connectivity index (χ3v) is 5.15. The lowest BCUT2D eigenvalue weighted by atomic mass is 9.80. The summed E-state index contributed by atoms with van der Waals surface area (Å²) in [6.07, 6.45) is 2.38. The number of likely N-dealkylation sites (tertiary alicyclic amines) is 1. The van der Waals surface area contributed by atoms with Crippen molar-refractivity contribution in [2.75, 3.05) is 24.5 Å². The molecule has 2 aromatic rings. The van der Waals surface area contributed by atoms with Crippen LogP contribution in [0.1, 0.15) is 12.0 Å². The van der Waals surface area contributed by atoms with E-state index in [2.05, 4.69) is 5.32 Å². The Labute approximate surface area is 185 Å². The van der Waals surface area contributed by atoms with E-state index in [-0.39, 0.29) is 30.5 Å². The lowest BCUT2D eigenvalue weighted by Crippen LogP contribution is -2.43. The van der Waals surface area contributed by atoms with Crippen LogP contribution in [0.25, 0.3) is 6.08 Å². The van der Waals surface area contributed by atoms with Gasteiger partial charge in [-0.25, -0.2) is 4.79 Å². The number of rotatable bonds is 7. The Morgan fingerprint density at radius 3 is 2.41 bits per heavy atom. The van der Waals surface area contributed by atoms with E-state index in [9.17, 15) is 24.4 Å². The summed E-state index contributed by atoms with van der Waals surface area (Å²) >= 11 is 0. The molecule has 0 saturated carbocycles. The van der Waals surface area contributed by atoms with Crippen molar-refractivity contribution in [1.29, 1.82) is 0 Å². The number of nitrogens with zero attached hydrogens (tertiary/aromatic N) is 2. The number of carbonyl (C=O) groups excluding carboxylic acids is 2. The van der Waals surface area contributed by atoms with Crippen LogP contribution in [0.5, 0.6) is 0 Å². The molecule has 2 aromatic carbocycles. The summed E-state index contributed by atoms with van der Waals surface area (Å²) in [4.78, 5) is 39.5. The van der Waals surface area contributed by atoms with Crippen LogP contribution in [0.4, 0.5) is 10.5 Å². The lowest BCUT2D eigenvalue weighted by molar-refractivity contribution is -0.130. The second-order valence-corrected chi connectivity index (χ2v) is 7.41. The number of nitrogens with one attached hydrogen (secondary N) is 1. The standard InChI is InChI=1S/C22H24BN3O6/c27-20(11-6-16-4-2-1-3-5-16)26(19-9-7-17(8-10-19)23(31)32)15-21(28)25-13-12-18(14-25)24-22(29)30/h1-11,18,24,31-32H,12-15H2,(H,29,30). The molecule has 1 saturated heterocycles. The summed E-state index contributed by atoms with van der Waals surface area (Å²) in [6.45, 7) is 0.392. The van der Waals surface area contributed by atoms with Gasteiger partial charge in [-0.1, -0.05) is 42.5 Å². The van der Waals surface area contributed by atoms with E-state index >= 15 is 0 Å². The van der Waals surface area contributed by atoms with Crippen molar-refractivity contribution in [2.24, 2.45) is 0 Å². The monoisotopic (exact) mass is 437 g/mol. The largest absolute Gasteiger partial charge is 0.488 e. The van der Waals surface area contributed by atoms with Gasteiger partial charge >= 0.3 is 13.2 Å². The fourth-order valence-corrected chi connectivity index (χ4v) is 3.46. The molecule has 0 aromatic heterocycles. The zero-order valence-electron chi connectivity index (χ0n) is 17.3. The molecule has 0 spiro atoms. The Hall–Kier alpha value is -3.63. The molecule has 4 N–H and O–H groups in total. The number of carbonyl (C=O) groups is 3. The van der Waals surface area contributed by atoms with Crippen LogP contribution in [-0.2, 0) is 9.59 Å². The number of benzene rings is 2. The van der Waals surface area contributed by atoms with Crippen LogP contribution in [0, 0.1) is 0 Å². The molecule has 0 bridgehead atoms. The second kappa shape index (κ2) is 10.6. The molecule has 32 heavy (non-hydrogen) atoms. The van der Waals surface area contributed by atoms with Gasteiger partial charge in [-0.2, -0.15) is 0 Å². The zero-order chi connectivity index (χ0) is 23.1. The summed E-state index contributed by atoms with van der Waals surface area (Å²) in [5.41, 5.74) is 1.51. The van der Waals surface area contributed by atoms with Gasteiger partial charge < -0.3 is 25.4 Å². The summed E-state index contributed by atoms with van der Waals surface area (Å²) in [7, 11) is -1.64. The molecule has 1 unspecified atom stereocenters. The molecular weight excluding hydrogens is 413 g/mol. The molecule has 0 aliphatic carbocycles. The van der Waals surface area contributed by atoms with E-state index in [4.69, 9.17) is 5.11 Å². The van der Waals surface area contributed by atoms with Crippen LogP contribution in [0.2, 0.25) is 0 Å². The first-order valence-corrected chi connectivity index (χ1v) is 10.1. The van der Waals surface area contributed by atoms with E-state index < -0.39 is 19.1 Å². The fraction of sp³-hybridized carbons (Fsp3) is 0.227. The van der Waals surface area contributed by atoms with Gasteiger partial charge in [0.1, 0.15) is 6.54 Å². The van der Waals surface area contributed by atoms with Crippen LogP contribution >= 0.6 is 0 Å². The normalized spacial score (nSPS) is 15.6. The predicted octanol–water partition coefficient (Wildman–Crippen LogP) is 0.281. The van der Waals surface area contributed by atoms with Gasteiger partial charge in [0.2, 0.25) is 5.91 Å². The maximum Gasteiger partial charge on any atom is 0.488 e. The van der Waals surface area contributed by atoms with Crippen molar-refractivity contribution >= 4 is 42.3 Å². The molecule has 1 atom stereocenters. The molecule has 10 heteroatoms. The average molecular weight is 437 g/mol. The third-order valence-electron chi connectivity index (χ3n) is 5.15. The highest BCUT2D eigenvalue weighted by molar-refractivity contribution is 6.58. The second-order valence-electron chi connectivity index (χ2n) is 7.41. The van der Waals surface area contributed by atoms with Crippen LogP contribution in [0.3, 0.4) is 0 Å². The molecular formula is C22H24BN3O6. The number of hydrogen-bond acceptors (Lipinski definition) is 5. The molecule has 0 radical (unpaired) electrons. The summed E-state index contributed by atoms with van der Waals surface area (Å²) in [5, 5.41) is 29.9. The van der Waals surface area contributed by atoms with E-state index in [1.54, 1.807) is 6.08 Å². The highest BCUT2D eigenvalue weighted by Crippen LogP contribution is 2.16. The third kappa shape index (κ3) is 6.19. The summed E-state index contributed by atoms with van der Waals surface area (Å²) < 4.78 is 0. The average Bonchev–Trinajstić information content (AvgIpc) is 3.24. The first-order valence-electron chi connectivity index (χ1n) is 10.1. The number of amides is 3. The smallest absolute Gasteiger partial charge is 0.465 e. The molecule has 3 amide bonds. The highest BCUT2D eigenvalue weighted by Gasteiger charge is 2.29. The number of hydrogen-bond donors (Lipinski definition) is 4. The molecule has 9 nitrogen and oxygen atoms in total. The van der Waals surface area contributed by atoms with Crippen molar-refractivity contribution in [3.8, 4) is 0 Å².